The van der Waals surface area contributed by atoms with Crippen LogP contribution in [0.1, 0.15) is 83.6 Å². The second-order valence-electron chi connectivity index (χ2n) is 14.7. The van der Waals surface area contributed by atoms with Gasteiger partial charge in [0.05, 0.1) is 30.2 Å². The fourth-order valence-corrected chi connectivity index (χ4v) is 9.16. The maximum atomic E-state index is 13.9. The van der Waals surface area contributed by atoms with E-state index in [1.54, 1.807) is 7.11 Å². The zero-order valence-corrected chi connectivity index (χ0v) is 27.6. The minimum atomic E-state index is -0.276. The quantitative estimate of drug-likeness (QED) is 0.225. The Labute approximate surface area is 279 Å². The number of nitrogens with zero attached hydrogens (tertiary/aromatic N) is 5. The molecule has 5 fully saturated rings. The molecule has 0 spiro atoms. The van der Waals surface area contributed by atoms with Crippen LogP contribution in [0.5, 0.6) is 5.88 Å². The van der Waals surface area contributed by atoms with Crippen molar-refractivity contribution in [3.8, 4) is 17.3 Å². The number of hydrogen-bond acceptors (Lipinski definition) is 6. The normalized spacial score (nSPS) is 26.0. The summed E-state index contributed by atoms with van der Waals surface area (Å²) in [6.07, 6.45) is 6.59. The van der Waals surface area contributed by atoms with Gasteiger partial charge in [-0.05, 0) is 100 Å². The van der Waals surface area contributed by atoms with Crippen molar-refractivity contribution in [1.29, 1.82) is 0 Å². The second-order valence-corrected chi connectivity index (χ2v) is 14.7. The number of hydrogen-bond donors (Lipinski definition) is 2. The molecule has 6 heterocycles. The van der Waals surface area contributed by atoms with Crippen molar-refractivity contribution in [3.63, 3.8) is 0 Å². The minimum absolute atomic E-state index is 0.00129. The number of aryl methyl sites for hydroxylation is 1. The first-order valence-corrected chi connectivity index (χ1v) is 17.2. The summed E-state index contributed by atoms with van der Waals surface area (Å²) in [5, 5.41) is 4.15. The monoisotopic (exact) mass is 643 g/mol. The molecule has 5 aromatic rings. The van der Waals surface area contributed by atoms with E-state index in [0.29, 0.717) is 28.1 Å². The summed E-state index contributed by atoms with van der Waals surface area (Å²) in [5.74, 6) is 1.31. The summed E-state index contributed by atoms with van der Waals surface area (Å²) in [5.41, 5.74) is 13.0. The number of aromatic nitrogens is 4. The Morgan fingerprint density at radius 1 is 1.04 bits per heavy atom. The van der Waals surface area contributed by atoms with Gasteiger partial charge in [-0.15, -0.1) is 0 Å². The van der Waals surface area contributed by atoms with Crippen LogP contribution in [-0.2, 0) is 6.54 Å². The lowest BCUT2D eigenvalue weighted by Crippen LogP contribution is -2.54. The van der Waals surface area contributed by atoms with Crippen LogP contribution in [0.4, 0.5) is 0 Å². The number of ether oxygens (including phenoxy) is 1. The van der Waals surface area contributed by atoms with Gasteiger partial charge in [-0.1, -0.05) is 18.2 Å². The van der Waals surface area contributed by atoms with Crippen LogP contribution < -0.4 is 15.8 Å². The molecule has 3 saturated carbocycles. The summed E-state index contributed by atoms with van der Waals surface area (Å²) < 4.78 is 10.2. The molecule has 4 aromatic heterocycles. The smallest absolute Gasteiger partial charge is 0.254 e. The molecule has 2 amide bonds. The molecule has 1 aromatic carbocycles. The Balaban J connectivity index is 1.11. The van der Waals surface area contributed by atoms with Crippen LogP contribution in [0.3, 0.4) is 0 Å². The predicted octanol–water partition coefficient (Wildman–Crippen LogP) is 5.66. The van der Waals surface area contributed by atoms with E-state index in [0.717, 1.165) is 65.5 Å². The van der Waals surface area contributed by atoms with E-state index in [9.17, 15) is 9.59 Å². The van der Waals surface area contributed by atoms with E-state index >= 15 is 0 Å². The highest BCUT2D eigenvalue weighted by Crippen LogP contribution is 2.65. The maximum Gasteiger partial charge on any atom is 0.254 e. The van der Waals surface area contributed by atoms with Gasteiger partial charge in [-0.3, -0.25) is 14.0 Å². The lowest BCUT2D eigenvalue weighted by Gasteiger charge is -2.62. The van der Waals surface area contributed by atoms with E-state index in [2.05, 4.69) is 28.9 Å². The molecular formula is C38H41N7O3. The highest BCUT2D eigenvalue weighted by atomic mass is 16.5. The van der Waals surface area contributed by atoms with E-state index in [-0.39, 0.29) is 36.0 Å². The third kappa shape index (κ3) is 4.41. The number of imidazole rings is 1. The van der Waals surface area contributed by atoms with Gasteiger partial charge in [-0.2, -0.15) is 0 Å². The number of nitrogens with two attached hydrogens (primary N) is 1. The highest BCUT2D eigenvalue weighted by molar-refractivity contribution is 5.97. The molecule has 4 bridgehead atoms. The summed E-state index contributed by atoms with van der Waals surface area (Å²) in [7, 11) is 1.64. The molecule has 10 heteroatoms. The predicted molar refractivity (Wildman–Crippen MR) is 183 cm³/mol. The molecule has 4 atom stereocenters. The van der Waals surface area contributed by atoms with Gasteiger partial charge in [0, 0.05) is 47.2 Å². The average molecular weight is 644 g/mol. The average Bonchev–Trinajstić information content (AvgIpc) is 3.81. The third-order valence-corrected chi connectivity index (χ3v) is 11.7. The van der Waals surface area contributed by atoms with Gasteiger partial charge in [0.1, 0.15) is 17.0 Å². The molecule has 3 N–H and O–H groups in total. The number of pyridine rings is 2. The Kier molecular flexibility index (Phi) is 6.53. The van der Waals surface area contributed by atoms with Gasteiger partial charge in [0.15, 0.2) is 5.88 Å². The van der Waals surface area contributed by atoms with E-state index in [1.807, 2.05) is 64.8 Å². The lowest BCUT2D eigenvalue weighted by atomic mass is 9.44. The Morgan fingerprint density at radius 3 is 2.50 bits per heavy atom. The van der Waals surface area contributed by atoms with Crippen LogP contribution in [0.2, 0.25) is 0 Å². The first kappa shape index (κ1) is 29.4. The van der Waals surface area contributed by atoms with Crippen molar-refractivity contribution in [1.82, 2.24) is 29.2 Å². The van der Waals surface area contributed by atoms with Crippen molar-refractivity contribution >= 4 is 28.5 Å². The first-order chi connectivity index (χ1) is 23.2. The zero-order chi connectivity index (χ0) is 32.9. The molecule has 48 heavy (non-hydrogen) atoms. The summed E-state index contributed by atoms with van der Waals surface area (Å²) >= 11 is 0. The number of amides is 2. The van der Waals surface area contributed by atoms with Crippen molar-refractivity contribution in [2.75, 3.05) is 7.11 Å². The van der Waals surface area contributed by atoms with Crippen molar-refractivity contribution < 1.29 is 14.3 Å². The molecule has 10 nitrogen and oxygen atoms in total. The van der Waals surface area contributed by atoms with E-state index in [1.165, 1.54) is 19.3 Å². The Bertz CT molecular complexity index is 2100. The third-order valence-electron chi connectivity index (χ3n) is 11.7. The number of fused-ring (bicyclic) bond motifs is 4. The highest BCUT2D eigenvalue weighted by Gasteiger charge is 2.56. The standard InChI is InChI=1S/C38H41N7O3/c1-21(40-36(46)24-7-5-4-6-8-24)29-11-9-25-13-31(43(35(25)41-29)20-38-17-23(18-38)19-38)34-22(2)44-32(42-34)14-26(15-33(44)48-3)37(47)45-27-10-12-30(45)28(39)16-27/h4-9,11,13-15,21,23,27-28,30H,10,12,16-20,39H2,1-3H3,(H,40,46)/t21-,23?,27+,28-,30-,38?/m1/s1. The van der Waals surface area contributed by atoms with Crippen LogP contribution in [0.15, 0.2) is 60.7 Å². The van der Waals surface area contributed by atoms with Gasteiger partial charge in [0.25, 0.3) is 11.8 Å². The fraction of sp³-hybridized carbons (Fsp3) is 0.421. The summed E-state index contributed by atoms with van der Waals surface area (Å²) in [6.45, 7) is 4.90. The van der Waals surface area contributed by atoms with Crippen molar-refractivity contribution in [2.45, 2.75) is 83.1 Å². The molecule has 3 aliphatic carbocycles. The lowest BCUT2D eigenvalue weighted by molar-refractivity contribution is -0.117. The first-order valence-electron chi connectivity index (χ1n) is 17.2. The van der Waals surface area contributed by atoms with Crippen LogP contribution >= 0.6 is 0 Å². The molecular weight excluding hydrogens is 602 g/mol. The Hall–Kier alpha value is -4.70. The number of carbonyl (C=O) groups is 2. The number of rotatable bonds is 8. The number of carbonyl (C=O) groups excluding carboxylic acids is 2. The molecule has 10 rings (SSSR count). The number of benzene rings is 1. The van der Waals surface area contributed by atoms with Crippen LogP contribution in [-0.4, -0.2) is 60.9 Å². The van der Waals surface area contributed by atoms with Crippen LogP contribution in [0, 0.1) is 18.3 Å². The molecule has 2 saturated heterocycles. The summed E-state index contributed by atoms with van der Waals surface area (Å²) in [4.78, 5) is 39.2. The zero-order valence-electron chi connectivity index (χ0n) is 27.6. The van der Waals surface area contributed by atoms with Gasteiger partial charge in [0.2, 0.25) is 0 Å². The van der Waals surface area contributed by atoms with Crippen molar-refractivity contribution in [3.05, 3.63) is 83.2 Å². The fourth-order valence-electron chi connectivity index (χ4n) is 9.16. The van der Waals surface area contributed by atoms with E-state index < -0.39 is 0 Å². The second kappa shape index (κ2) is 10.7. The SMILES string of the molecule is COc1cc(C(=O)N2[C@H]3CC[C@@H]2[C@H](N)C3)cc2nc(-c3cc4ccc([C@@H](C)NC(=O)c5ccccc5)nc4n3CC34CC(C3)C4)c(C)n12. The maximum absolute atomic E-state index is 13.9. The minimum Gasteiger partial charge on any atom is -0.482 e. The number of nitrogens with one attached hydrogen (secondary N) is 1. The molecule has 0 unspecified atom stereocenters. The van der Waals surface area contributed by atoms with Crippen molar-refractivity contribution in [2.24, 2.45) is 17.1 Å². The largest absolute Gasteiger partial charge is 0.482 e. The van der Waals surface area contributed by atoms with Gasteiger partial charge < -0.3 is 25.3 Å². The summed E-state index contributed by atoms with van der Waals surface area (Å²) in [6, 6.07) is 19.4. The molecule has 2 aliphatic heterocycles. The van der Waals surface area contributed by atoms with Gasteiger partial charge >= 0.3 is 0 Å². The Morgan fingerprint density at radius 2 is 1.83 bits per heavy atom. The van der Waals surface area contributed by atoms with Crippen LogP contribution in [0.25, 0.3) is 28.1 Å². The molecule has 0 radical (unpaired) electrons. The molecule has 246 valence electrons. The topological polar surface area (TPSA) is 120 Å². The number of methoxy groups -OCH3 is 1. The van der Waals surface area contributed by atoms with E-state index in [4.69, 9.17) is 20.4 Å². The van der Waals surface area contributed by atoms with Gasteiger partial charge in [-0.25, -0.2) is 9.97 Å². The molecule has 5 aliphatic rings.